The van der Waals surface area contributed by atoms with E-state index in [-0.39, 0.29) is 18.4 Å². The molecule has 0 radical (unpaired) electrons. The summed E-state index contributed by atoms with van der Waals surface area (Å²) in [6.07, 6.45) is 1.03. The van der Waals surface area contributed by atoms with Gasteiger partial charge in [-0.2, -0.15) is 0 Å². The molecule has 1 unspecified atom stereocenters. The average molecular weight is 538 g/mol. The van der Waals surface area contributed by atoms with Crippen LogP contribution in [0.1, 0.15) is 42.0 Å². The minimum absolute atomic E-state index is 0.0504. The van der Waals surface area contributed by atoms with Crippen molar-refractivity contribution in [2.75, 3.05) is 20.1 Å². The van der Waals surface area contributed by atoms with E-state index in [1.54, 1.807) is 14.0 Å². The Kier molecular flexibility index (Phi) is 10.7. The van der Waals surface area contributed by atoms with Crippen LogP contribution in [0.25, 0.3) is 0 Å². The summed E-state index contributed by atoms with van der Waals surface area (Å²) < 4.78 is 24.4. The molecule has 208 valence electrons. The number of likely N-dealkylation sites (N-methyl/N-ethyl adjacent to an activating group) is 1. The molecule has 1 fully saturated rings. The van der Waals surface area contributed by atoms with Gasteiger partial charge < -0.3 is 20.6 Å². The summed E-state index contributed by atoms with van der Waals surface area (Å²) in [4.78, 5) is 26.9. The maximum absolute atomic E-state index is 13.2. The molecule has 1 aliphatic heterocycles. The topological polar surface area (TPSA) is 81.7 Å². The Morgan fingerprint density at radius 1 is 1.00 bits per heavy atom. The Morgan fingerprint density at radius 2 is 1.67 bits per heavy atom. The monoisotopic (exact) mass is 537 g/mol. The van der Waals surface area contributed by atoms with E-state index in [4.69, 9.17) is 0 Å². The molecular weight excluding hydrogens is 500 g/mol. The number of aliphatic hydroxyl groups excluding tert-OH is 1. The largest absolute Gasteiger partial charge is 0.390 e. The fourth-order valence-corrected chi connectivity index (χ4v) is 4.75. The zero-order valence-corrected chi connectivity index (χ0v) is 22.7. The number of nitrogens with one attached hydrogen (secondary N) is 2. The second kappa shape index (κ2) is 14.0. The van der Waals surface area contributed by atoms with E-state index in [0.29, 0.717) is 31.5 Å². The molecule has 6 nitrogen and oxygen atoms in total. The molecule has 3 N–H and O–H groups in total. The van der Waals surface area contributed by atoms with E-state index in [1.165, 1.54) is 28.2 Å². The van der Waals surface area contributed by atoms with Crippen LogP contribution in [-0.2, 0) is 28.1 Å². The predicted octanol–water partition coefficient (Wildman–Crippen LogP) is 4.24. The molecule has 1 heterocycles. The van der Waals surface area contributed by atoms with Gasteiger partial charge in [0.2, 0.25) is 5.91 Å². The Labute approximate surface area is 229 Å². The minimum Gasteiger partial charge on any atom is -0.390 e. The highest BCUT2D eigenvalue weighted by Gasteiger charge is 2.50. The minimum atomic E-state index is -1.02. The molecule has 3 aromatic rings. The summed E-state index contributed by atoms with van der Waals surface area (Å²) in [5.41, 5.74) is 2.82. The highest BCUT2D eigenvalue weighted by molar-refractivity contribution is 5.95. The maximum atomic E-state index is 13.2. The molecule has 2 amide bonds. The third kappa shape index (κ3) is 7.94. The second-order valence-electron chi connectivity index (χ2n) is 9.79. The average Bonchev–Trinajstić information content (AvgIpc) is 3.22. The number of rotatable bonds is 9. The van der Waals surface area contributed by atoms with Crippen molar-refractivity contribution in [1.82, 2.24) is 15.5 Å². The van der Waals surface area contributed by atoms with Crippen molar-refractivity contribution in [3.63, 3.8) is 0 Å². The molecule has 1 aliphatic rings. The Morgan fingerprint density at radius 3 is 2.26 bits per heavy atom. The predicted molar refractivity (Wildman–Crippen MR) is 148 cm³/mol. The van der Waals surface area contributed by atoms with Crippen LogP contribution in [0.3, 0.4) is 0 Å². The number of benzene rings is 3. The first-order valence-electron chi connectivity index (χ1n) is 13.2. The van der Waals surface area contributed by atoms with Gasteiger partial charge in [-0.15, -0.1) is 0 Å². The zero-order valence-electron chi connectivity index (χ0n) is 22.7. The van der Waals surface area contributed by atoms with E-state index in [0.717, 1.165) is 18.1 Å². The molecule has 4 rings (SSSR count). The smallest absolute Gasteiger partial charge is 0.250 e. The van der Waals surface area contributed by atoms with Crippen LogP contribution < -0.4 is 10.6 Å². The van der Waals surface area contributed by atoms with Crippen molar-refractivity contribution in [3.05, 3.63) is 107 Å². The van der Waals surface area contributed by atoms with Gasteiger partial charge in [0.15, 0.2) is 0 Å². The molecule has 0 bridgehead atoms. The van der Waals surface area contributed by atoms with Crippen LogP contribution in [0.4, 0.5) is 8.78 Å². The number of halogens is 2. The first kappa shape index (κ1) is 29.9. The molecule has 3 aromatic carbocycles. The van der Waals surface area contributed by atoms with Crippen molar-refractivity contribution < 1.29 is 23.5 Å². The molecular formula is C31H37F2N3O3. The lowest BCUT2D eigenvalue weighted by molar-refractivity contribution is -0.140. The van der Waals surface area contributed by atoms with E-state index >= 15 is 0 Å². The van der Waals surface area contributed by atoms with E-state index < -0.39 is 23.3 Å². The second-order valence-corrected chi connectivity index (χ2v) is 9.79. The number of nitrogens with zero attached hydrogens (tertiary/aromatic N) is 1. The number of amides is 2. The number of carbonyl (C=O) groups is 2. The summed E-state index contributed by atoms with van der Waals surface area (Å²) >= 11 is 0. The van der Waals surface area contributed by atoms with Gasteiger partial charge in [-0.1, -0.05) is 61.5 Å². The first-order chi connectivity index (χ1) is 18.6. The van der Waals surface area contributed by atoms with Gasteiger partial charge in [-0.05, 0) is 54.2 Å². The summed E-state index contributed by atoms with van der Waals surface area (Å²) in [5.74, 6) is -1.35. The van der Waals surface area contributed by atoms with Gasteiger partial charge in [-0.3, -0.25) is 9.59 Å². The van der Waals surface area contributed by atoms with Crippen molar-refractivity contribution in [1.29, 1.82) is 0 Å². The Balaban J connectivity index is 0.000000395. The van der Waals surface area contributed by atoms with Crippen LogP contribution in [0.5, 0.6) is 0 Å². The third-order valence-corrected chi connectivity index (χ3v) is 6.89. The fraction of sp³-hybridized carbons (Fsp3) is 0.355. The zero-order chi connectivity index (χ0) is 28.4. The third-order valence-electron chi connectivity index (χ3n) is 6.89. The highest BCUT2D eigenvalue weighted by atomic mass is 19.1. The fourth-order valence-electron chi connectivity index (χ4n) is 4.75. The van der Waals surface area contributed by atoms with Gasteiger partial charge in [-0.25, -0.2) is 8.78 Å². The number of hydrogen-bond donors (Lipinski definition) is 3. The van der Waals surface area contributed by atoms with E-state index in [9.17, 15) is 23.5 Å². The molecule has 8 heteroatoms. The first-order valence-corrected chi connectivity index (χ1v) is 13.2. The van der Waals surface area contributed by atoms with Crippen molar-refractivity contribution in [2.24, 2.45) is 0 Å². The van der Waals surface area contributed by atoms with Crippen LogP contribution in [0.2, 0.25) is 0 Å². The standard InChI is InChI=1S/C24H31N3O3.C7H6F2/c1-3-18-8-7-9-19(14-18)15-25-16-21(28)17-26-23(30)24(13-12-22(29)27(24)2)20-10-5-4-6-11-20;1-5-2-6(8)4-7(9)3-5/h4-11,14,21,25,28H,3,12-13,15-17H2,1-2H3,(H,26,30);2-4H,1H3/t21-,24?;/m1./s1. The molecule has 0 spiro atoms. The molecule has 39 heavy (non-hydrogen) atoms. The number of aliphatic hydroxyl groups is 1. The number of likely N-dealkylation sites (tertiary alicyclic amines) is 1. The summed E-state index contributed by atoms with van der Waals surface area (Å²) in [6.45, 7) is 4.91. The van der Waals surface area contributed by atoms with Crippen LogP contribution >= 0.6 is 0 Å². The lowest BCUT2D eigenvalue weighted by Gasteiger charge is -2.35. The van der Waals surface area contributed by atoms with Gasteiger partial charge in [0.05, 0.1) is 6.10 Å². The molecule has 1 saturated heterocycles. The van der Waals surface area contributed by atoms with Crippen molar-refractivity contribution in [3.8, 4) is 0 Å². The normalized spacial score (nSPS) is 17.4. The highest BCUT2D eigenvalue weighted by Crippen LogP contribution is 2.38. The SMILES string of the molecule is CCc1cccc(CNC[C@@H](O)CNC(=O)C2(c3ccccc3)CCC(=O)N2C)c1.Cc1cc(F)cc(F)c1. The Hall–Kier alpha value is -3.62. The van der Waals surface area contributed by atoms with E-state index in [1.807, 2.05) is 36.4 Å². The van der Waals surface area contributed by atoms with Gasteiger partial charge in [0, 0.05) is 39.2 Å². The van der Waals surface area contributed by atoms with Gasteiger partial charge >= 0.3 is 0 Å². The summed E-state index contributed by atoms with van der Waals surface area (Å²) in [5, 5.41) is 16.4. The van der Waals surface area contributed by atoms with Crippen molar-refractivity contribution in [2.45, 2.75) is 51.3 Å². The molecule has 0 aliphatic carbocycles. The van der Waals surface area contributed by atoms with Crippen LogP contribution in [0, 0.1) is 18.6 Å². The molecule has 0 saturated carbocycles. The lowest BCUT2D eigenvalue weighted by atomic mass is 9.86. The number of carbonyl (C=O) groups excluding carboxylic acids is 2. The number of hydrogen-bond acceptors (Lipinski definition) is 4. The maximum Gasteiger partial charge on any atom is 0.250 e. The number of aryl methyl sites for hydroxylation is 2. The van der Waals surface area contributed by atoms with E-state index in [2.05, 4.69) is 35.8 Å². The molecule has 2 atom stereocenters. The van der Waals surface area contributed by atoms with Crippen LogP contribution in [0.15, 0.2) is 72.8 Å². The molecule has 0 aromatic heterocycles. The summed E-state index contributed by atoms with van der Waals surface area (Å²) in [6, 6.07) is 21.1. The summed E-state index contributed by atoms with van der Waals surface area (Å²) in [7, 11) is 1.67. The van der Waals surface area contributed by atoms with Crippen molar-refractivity contribution >= 4 is 11.8 Å². The quantitative estimate of drug-likeness (QED) is 0.382. The van der Waals surface area contributed by atoms with Crippen LogP contribution in [-0.4, -0.2) is 48.1 Å². The van der Waals surface area contributed by atoms with Gasteiger partial charge in [0.1, 0.15) is 17.2 Å². The lowest BCUT2D eigenvalue weighted by Crippen LogP contribution is -2.54. The van der Waals surface area contributed by atoms with Gasteiger partial charge in [0.25, 0.3) is 5.91 Å². The Bertz CT molecular complexity index is 1200.